The van der Waals surface area contributed by atoms with Gasteiger partial charge in [0.05, 0.1) is 12.2 Å². The monoisotopic (exact) mass is 365 g/mol. The van der Waals surface area contributed by atoms with E-state index in [0.717, 1.165) is 42.8 Å². The topological polar surface area (TPSA) is 101 Å². The number of aryl methyl sites for hydroxylation is 1. The molecule has 4 rings (SSSR count). The molecule has 0 saturated carbocycles. The van der Waals surface area contributed by atoms with Gasteiger partial charge < -0.3 is 16.0 Å². The number of fused-ring (bicyclic) bond motifs is 2. The molecule has 1 aromatic carbocycles. The number of rotatable bonds is 3. The fourth-order valence-electron chi connectivity index (χ4n) is 4.28. The second-order valence-electron chi connectivity index (χ2n) is 7.35. The van der Waals surface area contributed by atoms with Gasteiger partial charge in [0.25, 0.3) is 0 Å². The lowest BCUT2D eigenvalue weighted by Crippen LogP contribution is -2.51. The van der Waals surface area contributed by atoms with E-state index >= 15 is 0 Å². The van der Waals surface area contributed by atoms with Crippen molar-refractivity contribution in [1.29, 1.82) is 0 Å². The number of aromatic nitrogens is 2. The number of piperidine rings is 1. The fourth-order valence-corrected chi connectivity index (χ4v) is 4.28. The zero-order valence-electron chi connectivity index (χ0n) is 15.1. The molecule has 0 radical (unpaired) electrons. The third-order valence-electron chi connectivity index (χ3n) is 5.62. The number of hydrogen-bond donors (Lipinski definition) is 2. The van der Waals surface area contributed by atoms with Crippen LogP contribution in [0.2, 0.25) is 0 Å². The summed E-state index contributed by atoms with van der Waals surface area (Å²) < 4.78 is 0. The predicted molar refractivity (Wildman–Crippen MR) is 101 cm³/mol. The largest absolute Gasteiger partial charge is 0.352 e. The molecule has 1 saturated heterocycles. The number of likely N-dealkylation sites (tertiary alicyclic amines) is 1. The van der Waals surface area contributed by atoms with Crippen molar-refractivity contribution in [2.45, 2.75) is 31.1 Å². The molecule has 1 fully saturated rings. The van der Waals surface area contributed by atoms with Crippen LogP contribution in [0.1, 0.15) is 30.5 Å². The van der Waals surface area contributed by atoms with E-state index in [1.165, 1.54) is 5.56 Å². The number of nitrogens with one attached hydrogen (secondary N) is 1. The van der Waals surface area contributed by atoms with Crippen LogP contribution in [-0.4, -0.2) is 46.4 Å². The summed E-state index contributed by atoms with van der Waals surface area (Å²) in [4.78, 5) is 34.7. The molecule has 1 spiro atoms. The Balaban J connectivity index is 1.60. The molecule has 3 N–H and O–H groups in total. The lowest BCUT2D eigenvalue weighted by Gasteiger charge is -2.40. The SMILES string of the molecule is NC(=O)NCC(=O)N1CCCC2(CCc3cnc(-c4ccccc4)nc32)C1. The summed E-state index contributed by atoms with van der Waals surface area (Å²) in [6, 6.07) is 9.28. The Hall–Kier alpha value is -2.96. The minimum Gasteiger partial charge on any atom is -0.352 e. The number of primary amides is 1. The second-order valence-corrected chi connectivity index (χ2v) is 7.35. The van der Waals surface area contributed by atoms with Crippen LogP contribution < -0.4 is 11.1 Å². The summed E-state index contributed by atoms with van der Waals surface area (Å²) in [5.41, 5.74) is 8.22. The van der Waals surface area contributed by atoms with Crippen LogP contribution in [0.3, 0.4) is 0 Å². The fraction of sp³-hybridized carbons (Fsp3) is 0.400. The molecule has 27 heavy (non-hydrogen) atoms. The molecule has 2 aromatic rings. The Morgan fingerprint density at radius 1 is 1.22 bits per heavy atom. The molecule has 1 unspecified atom stereocenters. The van der Waals surface area contributed by atoms with Gasteiger partial charge in [0, 0.05) is 30.3 Å². The number of nitrogens with zero attached hydrogens (tertiary/aromatic N) is 3. The predicted octanol–water partition coefficient (Wildman–Crippen LogP) is 1.62. The van der Waals surface area contributed by atoms with Crippen molar-refractivity contribution < 1.29 is 9.59 Å². The molecule has 7 heteroatoms. The number of amides is 3. The summed E-state index contributed by atoms with van der Waals surface area (Å²) in [7, 11) is 0. The zero-order chi connectivity index (χ0) is 18.9. The lowest BCUT2D eigenvalue weighted by molar-refractivity contribution is -0.132. The minimum absolute atomic E-state index is 0.0582. The van der Waals surface area contributed by atoms with Crippen molar-refractivity contribution in [3.05, 3.63) is 47.8 Å². The number of carbonyl (C=O) groups is 2. The van der Waals surface area contributed by atoms with E-state index in [2.05, 4.69) is 10.3 Å². The van der Waals surface area contributed by atoms with Gasteiger partial charge in [0.15, 0.2) is 5.82 Å². The molecule has 1 aromatic heterocycles. The molecule has 140 valence electrons. The van der Waals surface area contributed by atoms with Crippen molar-refractivity contribution in [2.24, 2.45) is 5.73 Å². The third kappa shape index (κ3) is 3.37. The van der Waals surface area contributed by atoms with E-state index in [0.29, 0.717) is 13.1 Å². The Morgan fingerprint density at radius 2 is 2.04 bits per heavy atom. The highest BCUT2D eigenvalue weighted by molar-refractivity contribution is 5.83. The van der Waals surface area contributed by atoms with Crippen LogP contribution in [0.4, 0.5) is 4.79 Å². The van der Waals surface area contributed by atoms with Gasteiger partial charge in [0.2, 0.25) is 5.91 Å². The standard InChI is InChI=1S/C20H23N5O2/c21-19(27)23-12-16(26)25-10-4-8-20(13-25)9-7-15-11-22-18(24-17(15)20)14-5-2-1-3-6-14/h1-3,5-6,11H,4,7-10,12-13H2,(H3,21,23,27). The molecule has 1 atom stereocenters. The number of carbonyl (C=O) groups excluding carboxylic acids is 2. The van der Waals surface area contributed by atoms with Crippen molar-refractivity contribution in [3.63, 3.8) is 0 Å². The van der Waals surface area contributed by atoms with Gasteiger partial charge >= 0.3 is 6.03 Å². The first-order chi connectivity index (χ1) is 13.1. The van der Waals surface area contributed by atoms with Crippen molar-refractivity contribution in [2.75, 3.05) is 19.6 Å². The Morgan fingerprint density at radius 3 is 2.81 bits per heavy atom. The number of urea groups is 1. The summed E-state index contributed by atoms with van der Waals surface area (Å²) in [5, 5.41) is 2.39. The smallest absolute Gasteiger partial charge is 0.312 e. The van der Waals surface area contributed by atoms with E-state index in [9.17, 15) is 9.59 Å². The van der Waals surface area contributed by atoms with Gasteiger partial charge in [-0.1, -0.05) is 30.3 Å². The summed E-state index contributed by atoms with van der Waals surface area (Å²) >= 11 is 0. The Labute approximate surface area is 158 Å². The normalized spacial score (nSPS) is 21.1. The van der Waals surface area contributed by atoms with Crippen LogP contribution in [0.25, 0.3) is 11.4 Å². The van der Waals surface area contributed by atoms with Crippen LogP contribution in [0, 0.1) is 0 Å². The van der Waals surface area contributed by atoms with Crippen molar-refractivity contribution in [3.8, 4) is 11.4 Å². The van der Waals surface area contributed by atoms with Gasteiger partial charge in [-0.25, -0.2) is 14.8 Å². The first kappa shape index (κ1) is 17.5. The molecular formula is C20H23N5O2. The number of benzene rings is 1. The molecule has 2 aliphatic rings. The maximum Gasteiger partial charge on any atom is 0.312 e. The zero-order valence-corrected chi connectivity index (χ0v) is 15.1. The summed E-state index contributed by atoms with van der Waals surface area (Å²) in [5.74, 6) is 0.633. The molecule has 1 aliphatic carbocycles. The third-order valence-corrected chi connectivity index (χ3v) is 5.62. The molecule has 2 heterocycles. The minimum atomic E-state index is -0.679. The van der Waals surface area contributed by atoms with E-state index in [1.807, 2.05) is 41.4 Å². The van der Waals surface area contributed by atoms with E-state index < -0.39 is 6.03 Å². The Kier molecular flexibility index (Phi) is 4.51. The molecule has 0 bridgehead atoms. The van der Waals surface area contributed by atoms with Crippen LogP contribution in [-0.2, 0) is 16.6 Å². The van der Waals surface area contributed by atoms with E-state index in [4.69, 9.17) is 10.7 Å². The highest BCUT2D eigenvalue weighted by atomic mass is 16.2. The van der Waals surface area contributed by atoms with Gasteiger partial charge in [-0.3, -0.25) is 4.79 Å². The van der Waals surface area contributed by atoms with Gasteiger partial charge in [-0.05, 0) is 31.2 Å². The second kappa shape index (κ2) is 6.98. The molecule has 7 nitrogen and oxygen atoms in total. The maximum absolute atomic E-state index is 12.5. The van der Waals surface area contributed by atoms with Gasteiger partial charge in [-0.15, -0.1) is 0 Å². The Bertz CT molecular complexity index is 866. The summed E-state index contributed by atoms with van der Waals surface area (Å²) in [6.45, 7) is 1.27. The van der Waals surface area contributed by atoms with Crippen LogP contribution in [0.5, 0.6) is 0 Å². The van der Waals surface area contributed by atoms with E-state index in [1.54, 1.807) is 0 Å². The quantitative estimate of drug-likeness (QED) is 0.863. The van der Waals surface area contributed by atoms with Crippen LogP contribution in [0.15, 0.2) is 36.5 Å². The highest BCUT2D eigenvalue weighted by Gasteiger charge is 2.44. The number of hydrogen-bond acceptors (Lipinski definition) is 4. The van der Waals surface area contributed by atoms with Crippen LogP contribution >= 0.6 is 0 Å². The first-order valence-corrected chi connectivity index (χ1v) is 9.30. The summed E-state index contributed by atoms with van der Waals surface area (Å²) in [6.07, 6.45) is 5.79. The first-order valence-electron chi connectivity index (χ1n) is 9.30. The maximum atomic E-state index is 12.5. The lowest BCUT2D eigenvalue weighted by atomic mass is 9.77. The molecular weight excluding hydrogens is 342 g/mol. The highest BCUT2D eigenvalue weighted by Crippen LogP contribution is 2.44. The molecule has 3 amide bonds. The average molecular weight is 365 g/mol. The van der Waals surface area contributed by atoms with Crippen molar-refractivity contribution in [1.82, 2.24) is 20.2 Å². The van der Waals surface area contributed by atoms with Gasteiger partial charge in [0.1, 0.15) is 0 Å². The van der Waals surface area contributed by atoms with Crippen molar-refractivity contribution >= 4 is 11.9 Å². The molecule has 1 aliphatic heterocycles. The number of nitrogens with two attached hydrogens (primary N) is 1. The van der Waals surface area contributed by atoms with Gasteiger partial charge in [-0.2, -0.15) is 0 Å². The van der Waals surface area contributed by atoms with E-state index in [-0.39, 0.29) is 17.9 Å². The average Bonchev–Trinajstić information content (AvgIpc) is 3.04.